The molecule has 2 saturated heterocycles. The van der Waals surface area contributed by atoms with Crippen molar-refractivity contribution in [3.63, 3.8) is 0 Å². The Bertz CT molecular complexity index is 814. The largest absolute Gasteiger partial charge is 0.396 e. The van der Waals surface area contributed by atoms with Gasteiger partial charge in [-0.05, 0) is 30.5 Å². The van der Waals surface area contributed by atoms with Gasteiger partial charge in [-0.15, -0.1) is 0 Å². The number of H-pyrrole nitrogens is 1. The van der Waals surface area contributed by atoms with E-state index < -0.39 is 0 Å². The zero-order valence-electron chi connectivity index (χ0n) is 14.6. The van der Waals surface area contributed by atoms with Crippen LogP contribution in [0.3, 0.4) is 0 Å². The second-order valence-corrected chi connectivity index (χ2v) is 7.06. The monoisotopic (exact) mass is 353 g/mol. The molecule has 7 nitrogen and oxygen atoms in total. The molecule has 1 unspecified atom stereocenters. The summed E-state index contributed by atoms with van der Waals surface area (Å²) in [6, 6.07) is 7.76. The highest BCUT2D eigenvalue weighted by Crippen LogP contribution is 2.29. The molecule has 1 aromatic heterocycles. The first-order valence-electron chi connectivity index (χ1n) is 9.07. The van der Waals surface area contributed by atoms with Gasteiger partial charge in [-0.2, -0.15) is 5.10 Å². The minimum Gasteiger partial charge on any atom is -0.396 e. The van der Waals surface area contributed by atoms with Gasteiger partial charge in [0.15, 0.2) is 0 Å². The number of benzene rings is 1. The highest BCUT2D eigenvalue weighted by atomic mass is 16.2. The van der Waals surface area contributed by atoms with Crippen LogP contribution in [0.25, 0.3) is 0 Å². The van der Waals surface area contributed by atoms with Crippen molar-refractivity contribution >= 4 is 23.2 Å². The molecule has 2 aromatic rings. The summed E-state index contributed by atoms with van der Waals surface area (Å²) in [5, 5.41) is 6.92. The maximum atomic E-state index is 12.6. The molecule has 2 fully saturated rings. The summed E-state index contributed by atoms with van der Waals surface area (Å²) in [7, 11) is 0. The second-order valence-electron chi connectivity index (χ2n) is 7.06. The number of carbonyl (C=O) groups excluding carboxylic acids is 2. The number of rotatable bonds is 4. The van der Waals surface area contributed by atoms with E-state index in [2.05, 4.69) is 10.2 Å². The molecule has 0 bridgehead atoms. The van der Waals surface area contributed by atoms with Crippen molar-refractivity contribution in [3.05, 3.63) is 41.7 Å². The summed E-state index contributed by atoms with van der Waals surface area (Å²) in [4.78, 5) is 28.1. The molecule has 3 N–H and O–H groups in total. The minimum absolute atomic E-state index is 0.121. The number of aromatic nitrogens is 2. The van der Waals surface area contributed by atoms with Gasteiger partial charge in [0.1, 0.15) is 0 Å². The first kappa shape index (κ1) is 16.6. The molecule has 7 heteroatoms. The Hall–Kier alpha value is -2.83. The third kappa shape index (κ3) is 3.16. The van der Waals surface area contributed by atoms with Gasteiger partial charge in [-0.25, -0.2) is 0 Å². The highest BCUT2D eigenvalue weighted by Gasteiger charge is 2.29. The van der Waals surface area contributed by atoms with Gasteiger partial charge in [0.05, 0.1) is 24.0 Å². The molecule has 1 aromatic carbocycles. The maximum absolute atomic E-state index is 12.6. The van der Waals surface area contributed by atoms with Crippen LogP contribution >= 0.6 is 0 Å². The van der Waals surface area contributed by atoms with E-state index in [1.54, 1.807) is 6.20 Å². The van der Waals surface area contributed by atoms with Gasteiger partial charge in [0.2, 0.25) is 11.8 Å². The first-order chi connectivity index (χ1) is 12.6. The zero-order chi connectivity index (χ0) is 18.1. The lowest BCUT2D eigenvalue weighted by molar-refractivity contribution is -0.129. The van der Waals surface area contributed by atoms with E-state index in [-0.39, 0.29) is 17.7 Å². The molecule has 0 spiro atoms. The quantitative estimate of drug-likeness (QED) is 0.874. The molecular weight excluding hydrogens is 330 g/mol. The van der Waals surface area contributed by atoms with Crippen molar-refractivity contribution in [2.24, 2.45) is 0 Å². The number of amides is 2. The highest BCUT2D eigenvalue weighted by molar-refractivity contribution is 5.95. The van der Waals surface area contributed by atoms with Crippen LogP contribution < -0.4 is 10.6 Å². The van der Waals surface area contributed by atoms with E-state index in [4.69, 9.17) is 5.73 Å². The molecule has 2 aliphatic heterocycles. The third-order valence-corrected chi connectivity index (χ3v) is 5.33. The fourth-order valence-electron chi connectivity index (χ4n) is 3.86. The molecule has 2 aliphatic rings. The van der Waals surface area contributed by atoms with E-state index in [1.165, 1.54) is 0 Å². The van der Waals surface area contributed by atoms with E-state index in [0.29, 0.717) is 25.1 Å². The van der Waals surface area contributed by atoms with Crippen molar-refractivity contribution in [3.8, 4) is 0 Å². The molecule has 3 heterocycles. The number of anilines is 2. The van der Waals surface area contributed by atoms with Crippen LogP contribution in [0.4, 0.5) is 11.4 Å². The minimum atomic E-state index is 0.121. The Morgan fingerprint density at radius 2 is 2.08 bits per heavy atom. The number of hydrogen-bond donors (Lipinski definition) is 2. The van der Waals surface area contributed by atoms with Gasteiger partial charge in [-0.1, -0.05) is 12.1 Å². The fourth-order valence-corrected chi connectivity index (χ4v) is 3.86. The molecule has 0 radical (unpaired) electrons. The number of carbonyl (C=O) groups is 2. The Morgan fingerprint density at radius 1 is 1.27 bits per heavy atom. The van der Waals surface area contributed by atoms with Crippen LogP contribution in [-0.4, -0.2) is 46.5 Å². The van der Waals surface area contributed by atoms with E-state index in [0.717, 1.165) is 42.9 Å². The Morgan fingerprint density at radius 3 is 2.73 bits per heavy atom. The predicted octanol–water partition coefficient (Wildman–Crippen LogP) is 1.68. The summed E-state index contributed by atoms with van der Waals surface area (Å²) in [5.41, 5.74) is 9.39. The van der Waals surface area contributed by atoms with Crippen molar-refractivity contribution in [1.82, 2.24) is 15.1 Å². The summed E-state index contributed by atoms with van der Waals surface area (Å²) in [6.07, 6.45) is 4.42. The first-order valence-corrected chi connectivity index (χ1v) is 9.07. The number of nitrogens with zero attached hydrogens (tertiary/aromatic N) is 3. The Balaban J connectivity index is 1.36. The average molecular weight is 353 g/mol. The molecule has 26 heavy (non-hydrogen) atoms. The second kappa shape index (κ2) is 6.82. The summed E-state index contributed by atoms with van der Waals surface area (Å²) in [5.74, 6) is 0.524. The van der Waals surface area contributed by atoms with Crippen LogP contribution in [-0.2, 0) is 16.0 Å². The zero-order valence-corrected chi connectivity index (χ0v) is 14.6. The number of hydrogen-bond acceptors (Lipinski definition) is 4. The molecule has 1 atom stereocenters. The van der Waals surface area contributed by atoms with Gasteiger partial charge in [0.25, 0.3) is 0 Å². The van der Waals surface area contributed by atoms with Crippen LogP contribution in [0, 0.1) is 0 Å². The number of nitrogens with two attached hydrogens (primary N) is 1. The van der Waals surface area contributed by atoms with Crippen molar-refractivity contribution < 1.29 is 9.59 Å². The molecule has 4 rings (SSSR count). The number of aromatic amines is 1. The lowest BCUT2D eigenvalue weighted by atomic mass is 10.0. The predicted molar refractivity (Wildman–Crippen MR) is 98.7 cm³/mol. The Labute approximate surface area is 152 Å². The van der Waals surface area contributed by atoms with Crippen molar-refractivity contribution in [2.75, 3.05) is 30.3 Å². The number of nitrogens with one attached hydrogen (secondary N) is 1. The fraction of sp³-hybridized carbons (Fsp3) is 0.421. The molecule has 0 saturated carbocycles. The van der Waals surface area contributed by atoms with Crippen LogP contribution in [0.2, 0.25) is 0 Å². The summed E-state index contributed by atoms with van der Waals surface area (Å²) >= 11 is 0. The number of likely N-dealkylation sites (tertiary alicyclic amines) is 1. The Kier molecular flexibility index (Phi) is 4.36. The van der Waals surface area contributed by atoms with Crippen molar-refractivity contribution in [1.29, 1.82) is 0 Å². The normalized spacial score (nSPS) is 20.2. The SMILES string of the molecule is Nc1cn[nH]c1C1CCN(C(=O)Cc2ccc(N3CCCC3=O)cc2)C1. The van der Waals surface area contributed by atoms with Crippen molar-refractivity contribution in [2.45, 2.75) is 31.6 Å². The van der Waals surface area contributed by atoms with Crippen LogP contribution in [0.15, 0.2) is 30.5 Å². The average Bonchev–Trinajstić information content (AvgIpc) is 3.36. The van der Waals surface area contributed by atoms with Gasteiger partial charge in [-0.3, -0.25) is 14.7 Å². The van der Waals surface area contributed by atoms with E-state index >= 15 is 0 Å². The van der Waals surface area contributed by atoms with Crippen LogP contribution in [0.5, 0.6) is 0 Å². The number of nitrogen functional groups attached to an aromatic ring is 1. The lowest BCUT2D eigenvalue weighted by Gasteiger charge is -2.18. The van der Waals surface area contributed by atoms with Gasteiger partial charge >= 0.3 is 0 Å². The molecular formula is C19H23N5O2. The maximum Gasteiger partial charge on any atom is 0.227 e. The molecule has 136 valence electrons. The smallest absolute Gasteiger partial charge is 0.227 e. The molecule has 2 amide bonds. The summed E-state index contributed by atoms with van der Waals surface area (Å²) < 4.78 is 0. The molecule has 0 aliphatic carbocycles. The summed E-state index contributed by atoms with van der Waals surface area (Å²) in [6.45, 7) is 2.19. The van der Waals surface area contributed by atoms with Crippen LogP contribution in [0.1, 0.15) is 36.4 Å². The topological polar surface area (TPSA) is 95.3 Å². The standard InChI is InChI=1S/C19H23N5O2/c20-16-11-21-22-19(16)14-7-9-23(12-14)18(26)10-13-3-5-15(6-4-13)24-8-1-2-17(24)25/h3-6,11,14H,1-2,7-10,12,20H2,(H,21,22). The van der Waals surface area contributed by atoms with E-state index in [9.17, 15) is 9.59 Å². The third-order valence-electron chi connectivity index (χ3n) is 5.33. The van der Waals surface area contributed by atoms with E-state index in [1.807, 2.05) is 34.1 Å². The van der Waals surface area contributed by atoms with Gasteiger partial charge < -0.3 is 15.5 Å². The lowest BCUT2D eigenvalue weighted by Crippen LogP contribution is -2.30. The van der Waals surface area contributed by atoms with Gasteiger partial charge in [0, 0.05) is 37.7 Å².